The molecule has 0 bridgehead atoms. The van der Waals surface area contributed by atoms with Crippen LogP contribution in [0.5, 0.6) is 0 Å². The van der Waals surface area contributed by atoms with Gasteiger partial charge in [0.2, 0.25) is 0 Å². The smallest absolute Gasteiger partial charge is 0.303 e. The van der Waals surface area contributed by atoms with E-state index in [1.807, 2.05) is 91.0 Å². The molecule has 0 N–H and O–H groups in total. The van der Waals surface area contributed by atoms with E-state index in [2.05, 4.69) is 0 Å². The highest BCUT2D eigenvalue weighted by Gasteiger charge is 2.54. The first kappa shape index (κ1) is 53.7. The SMILES string of the molecule is CC(=O)OCCCCCCCCO[C@H]1O[C@H](CO[C@@H]2O[C@H](COC(C)=O)[C@@H](OC(C)=O)[C@H](OC(C)=O)[C@H]2OC(C)=O)[C@@H](OCc2ccccc2)[C@H](OCc2ccccc2)[C@H]1OCc1ccccc1. The van der Waals surface area contributed by atoms with Crippen LogP contribution in [-0.4, -0.2) is 118 Å². The molecule has 0 saturated carbocycles. The van der Waals surface area contributed by atoms with E-state index in [9.17, 15) is 24.0 Å². The summed E-state index contributed by atoms with van der Waals surface area (Å²) >= 11 is 0. The molecule has 0 radical (unpaired) electrons. The summed E-state index contributed by atoms with van der Waals surface area (Å²) in [5.41, 5.74) is 2.69. The van der Waals surface area contributed by atoms with Crippen molar-refractivity contribution >= 4 is 29.8 Å². The van der Waals surface area contributed by atoms with Crippen LogP contribution in [0.3, 0.4) is 0 Å². The molecule has 5 rings (SSSR count). The van der Waals surface area contributed by atoms with Gasteiger partial charge in [0.25, 0.3) is 0 Å². The number of hydrogen-bond acceptors (Lipinski definition) is 17. The minimum absolute atomic E-state index is 0.146. The summed E-state index contributed by atoms with van der Waals surface area (Å²) in [6, 6.07) is 28.9. The van der Waals surface area contributed by atoms with Gasteiger partial charge in [-0.15, -0.1) is 0 Å². The Hall–Kier alpha value is -5.27. The Labute approximate surface area is 398 Å². The molecule has 0 spiro atoms. The third-order valence-electron chi connectivity index (χ3n) is 10.9. The van der Waals surface area contributed by atoms with Crippen LogP contribution in [0.4, 0.5) is 0 Å². The van der Waals surface area contributed by atoms with Crippen molar-refractivity contribution in [2.45, 2.75) is 154 Å². The van der Waals surface area contributed by atoms with Gasteiger partial charge in [-0.25, -0.2) is 0 Å². The Bertz CT molecular complexity index is 1970. The first-order chi connectivity index (χ1) is 32.9. The number of benzene rings is 3. The zero-order valence-corrected chi connectivity index (χ0v) is 39.6. The lowest BCUT2D eigenvalue weighted by Gasteiger charge is -2.47. The molecular formula is C51H66O17. The lowest BCUT2D eigenvalue weighted by molar-refractivity contribution is -0.345. The highest BCUT2D eigenvalue weighted by atomic mass is 16.8. The Kier molecular flexibility index (Phi) is 22.8. The molecule has 0 unspecified atom stereocenters. The van der Waals surface area contributed by atoms with Gasteiger partial charge in [0, 0.05) is 41.2 Å². The van der Waals surface area contributed by atoms with Crippen LogP contribution in [0.2, 0.25) is 0 Å². The molecule has 17 heteroatoms. The Morgan fingerprint density at radius 2 is 0.794 bits per heavy atom. The van der Waals surface area contributed by atoms with E-state index in [0.29, 0.717) is 19.6 Å². The number of unbranched alkanes of at least 4 members (excludes halogenated alkanes) is 5. The van der Waals surface area contributed by atoms with Gasteiger partial charge in [0.15, 0.2) is 30.9 Å². The van der Waals surface area contributed by atoms with E-state index < -0.39 is 91.9 Å². The summed E-state index contributed by atoms with van der Waals surface area (Å²) in [7, 11) is 0. The normalized spacial score (nSPS) is 24.6. The zero-order valence-electron chi connectivity index (χ0n) is 39.6. The van der Waals surface area contributed by atoms with Gasteiger partial charge in [0.05, 0.1) is 33.0 Å². The van der Waals surface area contributed by atoms with Crippen LogP contribution in [0.15, 0.2) is 91.0 Å². The zero-order chi connectivity index (χ0) is 48.7. The number of esters is 5. The van der Waals surface area contributed by atoms with Gasteiger partial charge in [-0.05, 0) is 29.5 Å². The van der Waals surface area contributed by atoms with Crippen molar-refractivity contribution in [1.82, 2.24) is 0 Å². The summed E-state index contributed by atoms with van der Waals surface area (Å²) in [4.78, 5) is 60.7. The number of hydrogen-bond donors (Lipinski definition) is 0. The third kappa shape index (κ3) is 18.3. The summed E-state index contributed by atoms with van der Waals surface area (Å²) in [5, 5.41) is 0. The van der Waals surface area contributed by atoms with E-state index >= 15 is 0 Å². The lowest BCUT2D eigenvalue weighted by atomic mass is 9.97. The molecule has 0 aromatic heterocycles. The quantitative estimate of drug-likeness (QED) is 0.0457. The lowest BCUT2D eigenvalue weighted by Crippen LogP contribution is -2.64. The first-order valence-corrected chi connectivity index (χ1v) is 23.2. The molecule has 3 aromatic rings. The fourth-order valence-electron chi connectivity index (χ4n) is 7.85. The maximum atomic E-state index is 12.7. The van der Waals surface area contributed by atoms with Gasteiger partial charge in [-0.2, -0.15) is 0 Å². The van der Waals surface area contributed by atoms with Crippen LogP contribution in [0.1, 0.15) is 89.8 Å². The predicted octanol–water partition coefficient (Wildman–Crippen LogP) is 6.49. The molecule has 3 aromatic carbocycles. The Balaban J connectivity index is 1.47. The largest absolute Gasteiger partial charge is 0.466 e. The maximum absolute atomic E-state index is 12.7. The van der Waals surface area contributed by atoms with Crippen molar-refractivity contribution < 1.29 is 80.8 Å². The summed E-state index contributed by atoms with van der Waals surface area (Å²) in [6.07, 6.45) is -6.30. The van der Waals surface area contributed by atoms with E-state index in [1.165, 1.54) is 13.8 Å². The second-order valence-electron chi connectivity index (χ2n) is 16.6. The maximum Gasteiger partial charge on any atom is 0.303 e. The van der Waals surface area contributed by atoms with E-state index in [1.54, 1.807) is 0 Å². The highest BCUT2D eigenvalue weighted by molar-refractivity contribution is 5.69. The molecule has 2 aliphatic heterocycles. The van der Waals surface area contributed by atoms with E-state index in [4.69, 9.17) is 56.8 Å². The third-order valence-corrected chi connectivity index (χ3v) is 10.9. The number of rotatable bonds is 27. The number of carbonyl (C=O) groups is 5. The highest BCUT2D eigenvalue weighted by Crippen LogP contribution is 2.34. The molecule has 10 atom stereocenters. The van der Waals surface area contributed by atoms with Crippen LogP contribution in [0, 0.1) is 0 Å². The van der Waals surface area contributed by atoms with Crippen molar-refractivity contribution in [1.29, 1.82) is 0 Å². The number of carbonyl (C=O) groups excluding carboxylic acids is 5. The molecule has 2 aliphatic rings. The summed E-state index contributed by atoms with van der Waals surface area (Å²) in [6.45, 7) is 6.57. The minimum Gasteiger partial charge on any atom is -0.466 e. The Morgan fingerprint density at radius 3 is 1.29 bits per heavy atom. The van der Waals surface area contributed by atoms with Crippen molar-refractivity contribution in [3.63, 3.8) is 0 Å². The fourth-order valence-corrected chi connectivity index (χ4v) is 7.85. The topological polar surface area (TPSA) is 196 Å². The van der Waals surface area contributed by atoms with Gasteiger partial charge >= 0.3 is 29.8 Å². The molecule has 17 nitrogen and oxygen atoms in total. The average molecular weight is 951 g/mol. The summed E-state index contributed by atoms with van der Waals surface area (Å²) < 4.78 is 73.8. The molecule has 68 heavy (non-hydrogen) atoms. The van der Waals surface area contributed by atoms with Crippen molar-refractivity contribution in [2.75, 3.05) is 26.4 Å². The van der Waals surface area contributed by atoms with Gasteiger partial charge in [-0.3, -0.25) is 24.0 Å². The van der Waals surface area contributed by atoms with Crippen LogP contribution < -0.4 is 0 Å². The van der Waals surface area contributed by atoms with Crippen molar-refractivity contribution in [2.24, 2.45) is 0 Å². The van der Waals surface area contributed by atoms with Crippen LogP contribution in [-0.2, 0) is 101 Å². The van der Waals surface area contributed by atoms with Gasteiger partial charge in [0.1, 0.15) is 37.1 Å². The molecule has 2 fully saturated rings. The molecule has 372 valence electrons. The monoisotopic (exact) mass is 950 g/mol. The standard InChI is InChI=1S/C51H66O17/c1-34(52)57-27-19-8-6-7-9-20-28-58-50-48(62-31-41-25-17-12-18-26-41)46(61-30-40-23-15-11-16-24-40)44(60-29-39-21-13-10-14-22-39)42(67-50)33-63-51-49(66-38(5)56)47(65-37(4)55)45(64-36(3)54)43(68-51)32-59-35(2)53/h10-18,21-26,42-51H,6-9,19-20,27-33H2,1-5H3/t42-,43-,44-,45-,46+,47+,48-,49-,50+,51-/m1/s1. The van der Waals surface area contributed by atoms with Crippen LogP contribution >= 0.6 is 0 Å². The number of ether oxygens (including phenoxy) is 12. The van der Waals surface area contributed by atoms with Gasteiger partial charge < -0.3 is 56.8 Å². The van der Waals surface area contributed by atoms with Gasteiger partial charge in [-0.1, -0.05) is 117 Å². The Morgan fingerprint density at radius 1 is 0.382 bits per heavy atom. The minimum atomic E-state index is -1.49. The van der Waals surface area contributed by atoms with Crippen molar-refractivity contribution in [3.8, 4) is 0 Å². The second-order valence-corrected chi connectivity index (χ2v) is 16.6. The first-order valence-electron chi connectivity index (χ1n) is 23.2. The van der Waals surface area contributed by atoms with E-state index in [0.717, 1.165) is 69.6 Å². The molecule has 0 amide bonds. The molecule has 2 heterocycles. The predicted molar refractivity (Wildman–Crippen MR) is 242 cm³/mol. The van der Waals surface area contributed by atoms with Crippen LogP contribution in [0.25, 0.3) is 0 Å². The second kappa shape index (κ2) is 28.9. The van der Waals surface area contributed by atoms with Crippen molar-refractivity contribution in [3.05, 3.63) is 108 Å². The molecule has 2 saturated heterocycles. The average Bonchev–Trinajstić information content (AvgIpc) is 3.31. The molecular weight excluding hydrogens is 885 g/mol. The fraction of sp³-hybridized carbons (Fsp3) is 0.549. The summed E-state index contributed by atoms with van der Waals surface area (Å²) in [5.74, 6) is -3.24. The molecule has 0 aliphatic carbocycles. The van der Waals surface area contributed by atoms with E-state index in [-0.39, 0.29) is 32.4 Å².